The van der Waals surface area contributed by atoms with Gasteiger partial charge in [0.15, 0.2) is 0 Å². The fourth-order valence-electron chi connectivity index (χ4n) is 3.82. The van der Waals surface area contributed by atoms with Crippen LogP contribution in [0.25, 0.3) is 0 Å². The molecule has 0 radical (unpaired) electrons. The van der Waals surface area contributed by atoms with Gasteiger partial charge in [-0.25, -0.2) is 4.39 Å². The SMILES string of the molecule is CC(C)N(Cc1ccccc1)C(=O)C1CCN(C(=O)Cc2ccccc2F)CC1. The van der Waals surface area contributed by atoms with Gasteiger partial charge in [-0.3, -0.25) is 9.59 Å². The molecule has 1 saturated heterocycles. The highest BCUT2D eigenvalue weighted by atomic mass is 19.1. The smallest absolute Gasteiger partial charge is 0.227 e. The maximum Gasteiger partial charge on any atom is 0.227 e. The van der Waals surface area contributed by atoms with E-state index in [1.165, 1.54) is 6.07 Å². The van der Waals surface area contributed by atoms with Gasteiger partial charge in [0.1, 0.15) is 5.82 Å². The number of halogens is 1. The maximum absolute atomic E-state index is 13.8. The van der Waals surface area contributed by atoms with Crippen LogP contribution in [-0.4, -0.2) is 40.7 Å². The van der Waals surface area contributed by atoms with E-state index in [2.05, 4.69) is 0 Å². The first-order chi connectivity index (χ1) is 14.0. The van der Waals surface area contributed by atoms with Crippen molar-refractivity contribution in [3.63, 3.8) is 0 Å². The number of carbonyl (C=O) groups excluding carboxylic acids is 2. The Morgan fingerprint density at radius 1 is 1.03 bits per heavy atom. The van der Waals surface area contributed by atoms with Crippen LogP contribution in [0.4, 0.5) is 4.39 Å². The van der Waals surface area contributed by atoms with E-state index in [0.29, 0.717) is 38.0 Å². The minimum atomic E-state index is -0.348. The van der Waals surface area contributed by atoms with Gasteiger partial charge in [0.05, 0.1) is 6.42 Å². The second kappa shape index (κ2) is 9.68. The zero-order valence-electron chi connectivity index (χ0n) is 17.2. The highest BCUT2D eigenvalue weighted by molar-refractivity contribution is 5.81. The van der Waals surface area contributed by atoms with Gasteiger partial charge in [-0.05, 0) is 43.9 Å². The van der Waals surface area contributed by atoms with Gasteiger partial charge in [-0.1, -0.05) is 48.5 Å². The predicted molar refractivity (Wildman–Crippen MR) is 112 cm³/mol. The minimum Gasteiger partial charge on any atom is -0.342 e. The third-order valence-electron chi connectivity index (χ3n) is 5.60. The van der Waals surface area contributed by atoms with Crippen molar-refractivity contribution in [2.75, 3.05) is 13.1 Å². The Bertz CT molecular complexity index is 830. The lowest BCUT2D eigenvalue weighted by Gasteiger charge is -2.36. The Labute approximate surface area is 172 Å². The summed E-state index contributed by atoms with van der Waals surface area (Å²) >= 11 is 0. The molecule has 2 amide bonds. The average molecular weight is 397 g/mol. The highest BCUT2D eigenvalue weighted by Crippen LogP contribution is 2.23. The van der Waals surface area contributed by atoms with Crippen molar-refractivity contribution in [3.05, 3.63) is 71.5 Å². The summed E-state index contributed by atoms with van der Waals surface area (Å²) in [4.78, 5) is 29.4. The van der Waals surface area contributed by atoms with Crippen molar-refractivity contribution in [1.29, 1.82) is 0 Å². The number of carbonyl (C=O) groups is 2. The summed E-state index contributed by atoms with van der Waals surface area (Å²) in [6.07, 6.45) is 1.37. The fourth-order valence-corrected chi connectivity index (χ4v) is 3.82. The standard InChI is InChI=1S/C24H29FN2O2/c1-18(2)27(17-19-8-4-3-5-9-19)24(29)20-12-14-26(15-13-20)23(28)16-21-10-6-7-11-22(21)25/h3-11,18,20H,12-17H2,1-2H3. The van der Waals surface area contributed by atoms with Crippen molar-refractivity contribution in [2.24, 2.45) is 5.92 Å². The van der Waals surface area contributed by atoms with Crippen molar-refractivity contribution in [3.8, 4) is 0 Å². The molecule has 0 bridgehead atoms. The highest BCUT2D eigenvalue weighted by Gasteiger charge is 2.31. The Balaban J connectivity index is 1.56. The quantitative estimate of drug-likeness (QED) is 0.739. The number of hydrogen-bond acceptors (Lipinski definition) is 2. The third kappa shape index (κ3) is 5.43. The molecule has 0 unspecified atom stereocenters. The Hall–Kier alpha value is -2.69. The molecule has 29 heavy (non-hydrogen) atoms. The summed E-state index contributed by atoms with van der Waals surface area (Å²) in [5.41, 5.74) is 1.54. The predicted octanol–water partition coefficient (Wildman–Crippen LogP) is 4.04. The number of piperidine rings is 1. The zero-order valence-corrected chi connectivity index (χ0v) is 17.2. The number of nitrogens with zero attached hydrogens (tertiary/aromatic N) is 2. The van der Waals surface area contributed by atoms with Gasteiger partial charge in [0, 0.05) is 31.6 Å². The molecule has 0 aromatic heterocycles. The normalized spacial score (nSPS) is 14.8. The zero-order chi connectivity index (χ0) is 20.8. The van der Waals surface area contributed by atoms with Gasteiger partial charge in [0.25, 0.3) is 0 Å². The molecule has 0 saturated carbocycles. The third-order valence-corrected chi connectivity index (χ3v) is 5.60. The molecular formula is C24H29FN2O2. The van der Waals surface area contributed by atoms with E-state index < -0.39 is 0 Å². The van der Waals surface area contributed by atoms with E-state index >= 15 is 0 Å². The minimum absolute atomic E-state index is 0.0669. The molecule has 1 aliphatic heterocycles. The monoisotopic (exact) mass is 396 g/mol. The first kappa shape index (κ1) is 21.0. The number of benzene rings is 2. The van der Waals surface area contributed by atoms with Crippen LogP contribution >= 0.6 is 0 Å². The van der Waals surface area contributed by atoms with Gasteiger partial charge >= 0.3 is 0 Å². The van der Waals surface area contributed by atoms with E-state index in [0.717, 1.165) is 5.56 Å². The van der Waals surface area contributed by atoms with E-state index in [1.807, 2.05) is 49.1 Å². The summed E-state index contributed by atoms with van der Waals surface area (Å²) in [5.74, 6) is -0.339. The summed E-state index contributed by atoms with van der Waals surface area (Å²) in [6.45, 7) is 5.76. The van der Waals surface area contributed by atoms with Gasteiger partial charge < -0.3 is 9.80 Å². The molecule has 0 atom stereocenters. The molecule has 0 spiro atoms. The van der Waals surface area contributed by atoms with Crippen LogP contribution in [0, 0.1) is 11.7 Å². The van der Waals surface area contributed by atoms with Crippen molar-refractivity contribution >= 4 is 11.8 Å². The molecule has 0 aliphatic carbocycles. The van der Waals surface area contributed by atoms with Gasteiger partial charge in [-0.15, -0.1) is 0 Å². The topological polar surface area (TPSA) is 40.6 Å². The number of amides is 2. The van der Waals surface area contributed by atoms with E-state index in [4.69, 9.17) is 0 Å². The largest absolute Gasteiger partial charge is 0.342 e. The van der Waals surface area contributed by atoms with E-state index in [9.17, 15) is 14.0 Å². The molecule has 5 heteroatoms. The van der Waals surface area contributed by atoms with Crippen LogP contribution < -0.4 is 0 Å². The van der Waals surface area contributed by atoms with Crippen LogP contribution in [-0.2, 0) is 22.6 Å². The maximum atomic E-state index is 13.8. The van der Waals surface area contributed by atoms with Crippen molar-refractivity contribution in [2.45, 2.75) is 45.7 Å². The second-order valence-electron chi connectivity index (χ2n) is 7.97. The molecule has 2 aromatic carbocycles. The van der Waals surface area contributed by atoms with Gasteiger partial charge in [-0.2, -0.15) is 0 Å². The van der Waals surface area contributed by atoms with Crippen LogP contribution in [0.1, 0.15) is 37.8 Å². The molecule has 3 rings (SSSR count). The van der Waals surface area contributed by atoms with Crippen LogP contribution in [0.5, 0.6) is 0 Å². The Kier molecular flexibility index (Phi) is 7.02. The second-order valence-corrected chi connectivity index (χ2v) is 7.97. The molecule has 2 aromatic rings. The molecule has 1 heterocycles. The summed E-state index contributed by atoms with van der Waals surface area (Å²) in [5, 5.41) is 0. The lowest BCUT2D eigenvalue weighted by Crippen LogP contribution is -2.46. The first-order valence-electron chi connectivity index (χ1n) is 10.3. The summed E-state index contributed by atoms with van der Waals surface area (Å²) in [6, 6.07) is 16.5. The molecular weight excluding hydrogens is 367 g/mol. The first-order valence-corrected chi connectivity index (χ1v) is 10.3. The summed E-state index contributed by atoms with van der Waals surface area (Å²) in [7, 11) is 0. The van der Waals surface area contributed by atoms with Crippen LogP contribution in [0.2, 0.25) is 0 Å². The molecule has 154 valence electrons. The number of likely N-dealkylation sites (tertiary alicyclic amines) is 1. The Morgan fingerprint density at radius 2 is 1.66 bits per heavy atom. The summed E-state index contributed by atoms with van der Waals surface area (Å²) < 4.78 is 13.8. The Morgan fingerprint density at radius 3 is 2.28 bits per heavy atom. The number of hydrogen-bond donors (Lipinski definition) is 0. The molecule has 0 N–H and O–H groups in total. The van der Waals surface area contributed by atoms with E-state index in [-0.39, 0.29) is 36.0 Å². The molecule has 4 nitrogen and oxygen atoms in total. The van der Waals surface area contributed by atoms with Crippen molar-refractivity contribution in [1.82, 2.24) is 9.80 Å². The fraction of sp³-hybridized carbons (Fsp3) is 0.417. The van der Waals surface area contributed by atoms with Crippen molar-refractivity contribution < 1.29 is 14.0 Å². The van der Waals surface area contributed by atoms with Gasteiger partial charge in [0.2, 0.25) is 11.8 Å². The lowest BCUT2D eigenvalue weighted by atomic mass is 9.94. The number of rotatable bonds is 6. The van der Waals surface area contributed by atoms with E-state index in [1.54, 1.807) is 23.1 Å². The average Bonchev–Trinajstić information content (AvgIpc) is 2.74. The molecule has 1 aliphatic rings. The lowest BCUT2D eigenvalue weighted by molar-refractivity contribution is -0.142. The van der Waals surface area contributed by atoms with Crippen LogP contribution in [0.3, 0.4) is 0 Å². The van der Waals surface area contributed by atoms with Crippen LogP contribution in [0.15, 0.2) is 54.6 Å². The molecule has 1 fully saturated rings.